The lowest BCUT2D eigenvalue weighted by Gasteiger charge is -2.40. The number of carbonyl (C=O) groups excluding carboxylic acids is 2. The zero-order chi connectivity index (χ0) is 23.4. The first-order chi connectivity index (χ1) is 14.9. The van der Waals surface area contributed by atoms with E-state index in [1.165, 1.54) is 0 Å². The van der Waals surface area contributed by atoms with Crippen molar-refractivity contribution in [1.29, 1.82) is 0 Å². The fraction of sp³-hybridized carbons (Fsp3) is 0.682. The molecule has 1 aromatic rings. The van der Waals surface area contributed by atoms with E-state index in [2.05, 4.69) is 23.7 Å². The van der Waals surface area contributed by atoms with E-state index in [9.17, 15) is 9.59 Å². The largest absolute Gasteiger partial charge is 0.489 e. The summed E-state index contributed by atoms with van der Waals surface area (Å²) in [5.74, 6) is 0.590. The molecule has 4 rings (SSSR count). The number of anilines is 1. The maximum absolute atomic E-state index is 13.7. The van der Waals surface area contributed by atoms with Crippen molar-refractivity contribution in [3.05, 3.63) is 15.7 Å². The van der Waals surface area contributed by atoms with E-state index < -0.39 is 11.7 Å². The van der Waals surface area contributed by atoms with Crippen molar-refractivity contribution in [1.82, 2.24) is 14.8 Å². The Kier molecular flexibility index (Phi) is 5.91. The summed E-state index contributed by atoms with van der Waals surface area (Å²) < 4.78 is 11.6. The van der Waals surface area contributed by atoms with E-state index in [4.69, 9.17) is 32.7 Å². The van der Waals surface area contributed by atoms with Crippen LogP contribution in [0.3, 0.4) is 0 Å². The summed E-state index contributed by atoms with van der Waals surface area (Å²) in [6, 6.07) is -0.325. The number of hydrogen-bond acceptors (Lipinski definition) is 6. The third-order valence-corrected chi connectivity index (χ3v) is 6.76. The van der Waals surface area contributed by atoms with E-state index in [0.29, 0.717) is 31.0 Å². The number of amides is 2. The van der Waals surface area contributed by atoms with E-state index in [1.54, 1.807) is 9.80 Å². The van der Waals surface area contributed by atoms with Crippen molar-refractivity contribution in [3.63, 3.8) is 0 Å². The van der Waals surface area contributed by atoms with Gasteiger partial charge in [0.05, 0.1) is 6.04 Å². The number of carbonyl (C=O) groups is 2. The van der Waals surface area contributed by atoms with Crippen LogP contribution in [0.1, 0.15) is 51.4 Å². The first-order valence-corrected chi connectivity index (χ1v) is 11.7. The van der Waals surface area contributed by atoms with Crippen molar-refractivity contribution in [3.8, 4) is 5.75 Å². The molecule has 8 nitrogen and oxygen atoms in total. The Balaban J connectivity index is 1.64. The summed E-state index contributed by atoms with van der Waals surface area (Å²) in [6.45, 7) is 12.7. The van der Waals surface area contributed by atoms with Gasteiger partial charge in [-0.1, -0.05) is 37.0 Å². The molecule has 0 saturated carbocycles. The molecule has 1 aromatic heterocycles. The van der Waals surface area contributed by atoms with Gasteiger partial charge in [-0.15, -0.1) is 0 Å². The third-order valence-electron chi connectivity index (χ3n) is 6.04. The Labute approximate surface area is 198 Å². The molecule has 2 fully saturated rings. The normalized spacial score (nSPS) is 22.8. The molecule has 0 radical (unpaired) electrons. The van der Waals surface area contributed by atoms with Crippen molar-refractivity contribution < 1.29 is 19.1 Å². The first-order valence-electron chi connectivity index (χ1n) is 10.9. The molecule has 0 aliphatic carbocycles. The SMILES string of the molecule is CC1(C)CCN(c2nc(Cl)c(Cl)c3c2C(=O)N2CCN(C(=O)OC(C)(C)C)C[C@@H]2CO3)C1. The van der Waals surface area contributed by atoms with Gasteiger partial charge in [-0.2, -0.15) is 0 Å². The van der Waals surface area contributed by atoms with Crippen LogP contribution in [-0.4, -0.2) is 77.8 Å². The smallest absolute Gasteiger partial charge is 0.410 e. The maximum Gasteiger partial charge on any atom is 0.410 e. The first kappa shape index (κ1) is 23.2. The summed E-state index contributed by atoms with van der Waals surface area (Å²) in [4.78, 5) is 36.2. The number of ether oxygens (including phenoxy) is 2. The van der Waals surface area contributed by atoms with Gasteiger partial charge in [-0.05, 0) is 32.6 Å². The molecule has 4 heterocycles. The standard InChI is InChI=1S/C22H30Cl2N4O4/c1-21(2,3)32-20(30)26-8-9-28-13(10-26)11-31-16-14(19(28)29)18(25-17(24)15(16)23)27-7-6-22(4,5)12-27/h13H,6-12H2,1-5H3/t13-/m1/s1. The average molecular weight is 485 g/mol. The summed E-state index contributed by atoms with van der Waals surface area (Å²) in [5, 5.41) is 0.259. The molecule has 2 amide bonds. The number of piperazine rings is 1. The number of halogens is 2. The lowest BCUT2D eigenvalue weighted by atomic mass is 9.93. The number of rotatable bonds is 1. The number of aromatic nitrogens is 1. The van der Waals surface area contributed by atoms with Crippen molar-refractivity contribution in [2.75, 3.05) is 44.2 Å². The van der Waals surface area contributed by atoms with Gasteiger partial charge in [0.1, 0.15) is 28.6 Å². The Hall–Kier alpha value is -1.93. The fourth-order valence-electron chi connectivity index (χ4n) is 4.43. The minimum atomic E-state index is -0.589. The van der Waals surface area contributed by atoms with Crippen LogP contribution in [-0.2, 0) is 4.74 Å². The molecule has 10 heteroatoms. The molecule has 0 bridgehead atoms. The topological polar surface area (TPSA) is 75.2 Å². The molecule has 1 atom stereocenters. The van der Waals surface area contributed by atoms with Gasteiger partial charge in [-0.3, -0.25) is 4.79 Å². The molecule has 0 aromatic carbocycles. The summed E-state index contributed by atoms with van der Waals surface area (Å²) in [5.41, 5.74) is -0.129. The molecular formula is C22H30Cl2N4O4. The summed E-state index contributed by atoms with van der Waals surface area (Å²) >= 11 is 12.8. The molecule has 0 N–H and O–H groups in total. The second-order valence-corrected chi connectivity index (χ2v) is 11.2. The average Bonchev–Trinajstić information content (AvgIpc) is 2.98. The van der Waals surface area contributed by atoms with Gasteiger partial charge in [0, 0.05) is 32.7 Å². The minimum Gasteiger partial charge on any atom is -0.489 e. The highest BCUT2D eigenvalue weighted by molar-refractivity contribution is 6.42. The van der Waals surface area contributed by atoms with Crippen molar-refractivity contribution >= 4 is 41.0 Å². The zero-order valence-corrected chi connectivity index (χ0v) is 20.7. The summed E-state index contributed by atoms with van der Waals surface area (Å²) in [6.07, 6.45) is 0.588. The number of nitrogens with zero attached hydrogens (tertiary/aromatic N) is 4. The molecule has 3 aliphatic rings. The number of hydrogen-bond donors (Lipinski definition) is 0. The second kappa shape index (κ2) is 8.13. The minimum absolute atomic E-state index is 0.108. The lowest BCUT2D eigenvalue weighted by molar-refractivity contribution is 0.000956. The predicted octanol–water partition coefficient (Wildman–Crippen LogP) is 4.08. The van der Waals surface area contributed by atoms with Gasteiger partial charge < -0.3 is 24.2 Å². The highest BCUT2D eigenvalue weighted by Gasteiger charge is 2.42. The Morgan fingerprint density at radius 1 is 1.22 bits per heavy atom. The second-order valence-electron chi connectivity index (χ2n) is 10.5. The monoisotopic (exact) mass is 484 g/mol. The highest BCUT2D eigenvalue weighted by Crippen LogP contribution is 2.44. The molecule has 32 heavy (non-hydrogen) atoms. The van der Waals surface area contributed by atoms with Crippen LogP contribution in [0.5, 0.6) is 5.75 Å². The zero-order valence-electron chi connectivity index (χ0n) is 19.2. The number of pyridine rings is 1. The molecule has 2 saturated heterocycles. The third kappa shape index (κ3) is 4.44. The van der Waals surface area contributed by atoms with Crippen LogP contribution in [0.2, 0.25) is 10.2 Å². The van der Waals surface area contributed by atoms with Crippen molar-refractivity contribution in [2.24, 2.45) is 5.41 Å². The lowest BCUT2D eigenvalue weighted by Crippen LogP contribution is -2.58. The van der Waals surface area contributed by atoms with Crippen molar-refractivity contribution in [2.45, 2.75) is 52.7 Å². The molecule has 0 spiro atoms. The Morgan fingerprint density at radius 2 is 1.94 bits per heavy atom. The van der Waals surface area contributed by atoms with Crippen LogP contribution in [0.25, 0.3) is 0 Å². The van der Waals surface area contributed by atoms with Crippen LogP contribution in [0, 0.1) is 5.41 Å². The fourth-order valence-corrected chi connectivity index (χ4v) is 4.79. The predicted molar refractivity (Wildman–Crippen MR) is 123 cm³/mol. The van der Waals surface area contributed by atoms with Crippen LogP contribution in [0.4, 0.5) is 10.6 Å². The number of fused-ring (bicyclic) bond motifs is 2. The highest BCUT2D eigenvalue weighted by atomic mass is 35.5. The van der Waals surface area contributed by atoms with Gasteiger partial charge in [0.15, 0.2) is 10.9 Å². The molecule has 0 unspecified atom stereocenters. The Bertz CT molecular complexity index is 947. The molecule has 176 valence electrons. The van der Waals surface area contributed by atoms with Crippen LogP contribution >= 0.6 is 23.2 Å². The van der Waals surface area contributed by atoms with Gasteiger partial charge >= 0.3 is 6.09 Å². The van der Waals surface area contributed by atoms with Crippen LogP contribution < -0.4 is 9.64 Å². The maximum atomic E-state index is 13.7. The van der Waals surface area contributed by atoms with E-state index in [0.717, 1.165) is 19.5 Å². The van der Waals surface area contributed by atoms with Gasteiger partial charge in [0.2, 0.25) is 0 Å². The van der Waals surface area contributed by atoms with E-state index in [-0.39, 0.29) is 39.9 Å². The van der Waals surface area contributed by atoms with Gasteiger partial charge in [-0.25, -0.2) is 9.78 Å². The van der Waals surface area contributed by atoms with Gasteiger partial charge in [0.25, 0.3) is 5.91 Å². The molecule has 3 aliphatic heterocycles. The Morgan fingerprint density at radius 3 is 2.56 bits per heavy atom. The molecular weight excluding hydrogens is 455 g/mol. The quantitative estimate of drug-likeness (QED) is 0.559. The van der Waals surface area contributed by atoms with E-state index >= 15 is 0 Å². The summed E-state index contributed by atoms with van der Waals surface area (Å²) in [7, 11) is 0. The van der Waals surface area contributed by atoms with E-state index in [1.807, 2.05) is 20.8 Å². The van der Waals surface area contributed by atoms with Crippen LogP contribution in [0.15, 0.2) is 0 Å².